The topological polar surface area (TPSA) is 75.2 Å². The Morgan fingerprint density at radius 1 is 1.10 bits per heavy atom. The van der Waals surface area contributed by atoms with Gasteiger partial charge in [-0.05, 0) is 23.6 Å². The number of aliphatic hydroxyl groups is 1. The molecule has 0 fully saturated rings. The van der Waals surface area contributed by atoms with Gasteiger partial charge in [0.1, 0.15) is 12.4 Å². The van der Waals surface area contributed by atoms with Gasteiger partial charge >= 0.3 is 0 Å². The molecule has 6 heteroatoms. The summed E-state index contributed by atoms with van der Waals surface area (Å²) in [5.74, 6) is -0.0342. The third-order valence-corrected chi connectivity index (χ3v) is 5.00. The van der Waals surface area contributed by atoms with Gasteiger partial charge in [0.15, 0.2) is 12.3 Å². The molecule has 0 saturated carbocycles. The van der Waals surface area contributed by atoms with E-state index in [1.54, 1.807) is 52.1 Å². The Hall–Kier alpha value is -3.67. The highest BCUT2D eigenvalue weighted by Crippen LogP contribution is 2.33. The summed E-state index contributed by atoms with van der Waals surface area (Å²) < 4.78 is 3.21. The monoisotopic (exact) mass is 388 g/mol. The Morgan fingerprint density at radius 2 is 1.79 bits per heavy atom. The van der Waals surface area contributed by atoms with Crippen LogP contribution in [0.15, 0.2) is 67.3 Å². The van der Waals surface area contributed by atoms with Crippen molar-refractivity contribution >= 4 is 28.8 Å². The number of ketones is 1. The fourth-order valence-electron chi connectivity index (χ4n) is 3.43. The molecular formula is C23H22N3O3+. The second-order valence-electron chi connectivity index (χ2n) is 7.39. The van der Waals surface area contributed by atoms with Crippen molar-refractivity contribution < 1.29 is 19.3 Å². The number of Topliss-reactive ketones (excluding diaryl/α,β-unsaturated/α-hetero) is 1. The molecule has 6 nitrogen and oxygen atoms in total. The summed E-state index contributed by atoms with van der Waals surface area (Å²) >= 11 is 0. The van der Waals surface area contributed by atoms with Crippen molar-refractivity contribution in [2.45, 2.75) is 26.3 Å². The molecule has 0 atom stereocenters. The smallest absolute Gasteiger partial charge is 0.266 e. The fraction of sp³-hybridized carbons (Fsp3) is 0.174. The number of nitrogens with zero attached hydrogens (tertiary/aromatic N) is 2. The van der Waals surface area contributed by atoms with Crippen LogP contribution in [-0.2, 0) is 11.3 Å². The van der Waals surface area contributed by atoms with Crippen LogP contribution in [0, 0.1) is 0 Å². The molecule has 1 aliphatic rings. The Bertz CT molecular complexity index is 1120. The van der Waals surface area contributed by atoms with E-state index in [0.717, 1.165) is 5.69 Å². The molecule has 2 aromatic carbocycles. The lowest BCUT2D eigenvalue weighted by atomic mass is 10.0. The Kier molecular flexibility index (Phi) is 4.76. The third-order valence-electron chi connectivity index (χ3n) is 5.00. The molecule has 3 aromatic rings. The first-order valence-corrected chi connectivity index (χ1v) is 9.48. The van der Waals surface area contributed by atoms with Crippen LogP contribution in [0.5, 0.6) is 0 Å². The van der Waals surface area contributed by atoms with Gasteiger partial charge in [-0.1, -0.05) is 50.2 Å². The largest absolute Gasteiger partial charge is 0.503 e. The number of fused-ring (bicyclic) bond motifs is 1. The number of imidazole rings is 1. The van der Waals surface area contributed by atoms with Crippen molar-refractivity contribution in [2.75, 3.05) is 5.32 Å². The number of carbonyl (C=O) groups excluding carboxylic acids is 2. The molecular weight excluding hydrogens is 366 g/mol. The molecule has 2 N–H and O–H groups in total. The van der Waals surface area contributed by atoms with Gasteiger partial charge in [-0.2, -0.15) is 4.57 Å². The van der Waals surface area contributed by atoms with E-state index in [-0.39, 0.29) is 29.7 Å². The number of aromatic nitrogens is 2. The maximum absolute atomic E-state index is 12.6. The lowest BCUT2D eigenvalue weighted by Crippen LogP contribution is -2.38. The zero-order chi connectivity index (χ0) is 20.5. The molecule has 146 valence electrons. The zero-order valence-corrected chi connectivity index (χ0v) is 16.3. The molecule has 4 rings (SSSR count). The predicted molar refractivity (Wildman–Crippen MR) is 110 cm³/mol. The highest BCUT2D eigenvalue weighted by Gasteiger charge is 2.34. The van der Waals surface area contributed by atoms with Crippen LogP contribution in [0.25, 0.3) is 11.5 Å². The second-order valence-corrected chi connectivity index (χ2v) is 7.39. The molecule has 0 radical (unpaired) electrons. The SMILES string of the molecule is CC(C)c1ccc(NC(=O)C[n+]2ccn(C3=C(O)c4ccccc4C3=O)c2)cc1. The van der Waals surface area contributed by atoms with E-state index >= 15 is 0 Å². The number of hydrogen-bond donors (Lipinski definition) is 2. The van der Waals surface area contributed by atoms with Gasteiger partial charge in [0, 0.05) is 16.8 Å². The van der Waals surface area contributed by atoms with Crippen LogP contribution in [0.3, 0.4) is 0 Å². The predicted octanol–water partition coefficient (Wildman–Crippen LogP) is 3.62. The summed E-state index contributed by atoms with van der Waals surface area (Å²) in [6.45, 7) is 4.33. The van der Waals surface area contributed by atoms with Crippen LogP contribution in [0.1, 0.15) is 41.3 Å². The van der Waals surface area contributed by atoms with Crippen LogP contribution in [0.4, 0.5) is 5.69 Å². The Balaban J connectivity index is 1.47. The van der Waals surface area contributed by atoms with Crippen LogP contribution in [0.2, 0.25) is 0 Å². The minimum atomic E-state index is -0.240. The molecule has 0 unspecified atom stereocenters. The second kappa shape index (κ2) is 7.39. The highest BCUT2D eigenvalue weighted by atomic mass is 16.3. The van der Waals surface area contributed by atoms with Gasteiger partial charge in [-0.3, -0.25) is 9.59 Å². The molecule has 0 bridgehead atoms. The molecule has 0 aliphatic heterocycles. The summed E-state index contributed by atoms with van der Waals surface area (Å²) in [6.07, 6.45) is 4.97. The zero-order valence-electron chi connectivity index (χ0n) is 16.3. The number of hydrogen-bond acceptors (Lipinski definition) is 3. The number of aliphatic hydroxyl groups excluding tert-OH is 1. The van der Waals surface area contributed by atoms with Crippen molar-refractivity contribution in [3.63, 3.8) is 0 Å². The minimum Gasteiger partial charge on any atom is -0.503 e. The minimum absolute atomic E-state index is 0.0527. The number of anilines is 1. The summed E-state index contributed by atoms with van der Waals surface area (Å²) in [7, 11) is 0. The lowest BCUT2D eigenvalue weighted by Gasteiger charge is -2.07. The van der Waals surface area contributed by atoms with E-state index in [4.69, 9.17) is 0 Å². The standard InChI is InChI=1S/C23H21N3O3/c1-15(2)16-7-9-17(10-8-16)24-20(27)13-25-11-12-26(14-25)21-22(28)18-5-3-4-6-19(18)23(21)29/h3-12,14-15H,13H2,1-2H3,(H-,24,27,28,29)/p+1. The average molecular weight is 388 g/mol. The van der Waals surface area contributed by atoms with Gasteiger partial charge in [-0.25, -0.2) is 4.57 Å². The van der Waals surface area contributed by atoms with Crippen LogP contribution >= 0.6 is 0 Å². The number of benzene rings is 2. The normalized spacial score (nSPS) is 13.1. The quantitative estimate of drug-likeness (QED) is 0.656. The van der Waals surface area contributed by atoms with Gasteiger partial charge in [0.05, 0.1) is 0 Å². The maximum atomic E-state index is 12.6. The first-order chi connectivity index (χ1) is 13.9. The van der Waals surface area contributed by atoms with Gasteiger partial charge in [0.2, 0.25) is 17.8 Å². The lowest BCUT2D eigenvalue weighted by molar-refractivity contribution is -0.683. The summed E-state index contributed by atoms with van der Waals surface area (Å²) in [4.78, 5) is 25.0. The van der Waals surface area contributed by atoms with Gasteiger partial charge in [0.25, 0.3) is 5.91 Å². The number of amides is 1. The fourth-order valence-corrected chi connectivity index (χ4v) is 3.43. The summed E-state index contributed by atoms with van der Waals surface area (Å²) in [5, 5.41) is 13.3. The molecule has 0 spiro atoms. The molecule has 29 heavy (non-hydrogen) atoms. The van der Waals surface area contributed by atoms with E-state index < -0.39 is 0 Å². The maximum Gasteiger partial charge on any atom is 0.266 e. The van der Waals surface area contributed by atoms with Crippen molar-refractivity contribution in [1.82, 2.24) is 4.57 Å². The van der Waals surface area contributed by atoms with Crippen LogP contribution in [-0.4, -0.2) is 21.4 Å². The van der Waals surface area contributed by atoms with E-state index in [9.17, 15) is 14.7 Å². The Morgan fingerprint density at radius 3 is 2.45 bits per heavy atom. The van der Waals surface area contributed by atoms with E-state index in [1.165, 1.54) is 5.56 Å². The first-order valence-electron chi connectivity index (χ1n) is 9.48. The molecule has 1 amide bonds. The Labute approximate surface area is 168 Å². The summed E-state index contributed by atoms with van der Waals surface area (Å²) in [5.41, 5.74) is 3.14. The highest BCUT2D eigenvalue weighted by molar-refractivity contribution is 6.34. The van der Waals surface area contributed by atoms with Crippen molar-refractivity contribution in [1.29, 1.82) is 0 Å². The number of rotatable bonds is 5. The molecule has 1 aliphatic carbocycles. The van der Waals surface area contributed by atoms with Crippen LogP contribution < -0.4 is 9.88 Å². The number of carbonyl (C=O) groups is 2. The van der Waals surface area contributed by atoms with Gasteiger partial charge < -0.3 is 10.4 Å². The van der Waals surface area contributed by atoms with Crippen molar-refractivity contribution in [2.24, 2.45) is 0 Å². The van der Waals surface area contributed by atoms with Crippen molar-refractivity contribution in [3.8, 4) is 0 Å². The third kappa shape index (κ3) is 3.57. The van der Waals surface area contributed by atoms with E-state index in [2.05, 4.69) is 19.2 Å². The van der Waals surface area contributed by atoms with E-state index in [0.29, 0.717) is 17.0 Å². The first kappa shape index (κ1) is 18.7. The molecule has 1 aromatic heterocycles. The van der Waals surface area contributed by atoms with Gasteiger partial charge in [-0.15, -0.1) is 0 Å². The van der Waals surface area contributed by atoms with Crippen molar-refractivity contribution in [3.05, 3.63) is 83.9 Å². The molecule has 0 saturated heterocycles. The average Bonchev–Trinajstić information content (AvgIpc) is 3.25. The van der Waals surface area contributed by atoms with E-state index in [1.807, 2.05) is 24.3 Å². The number of allylic oxidation sites excluding steroid dienone is 1. The summed E-state index contributed by atoms with van der Waals surface area (Å²) in [6, 6.07) is 14.7. The number of nitrogens with one attached hydrogen (secondary N) is 1. The molecule has 1 heterocycles.